The summed E-state index contributed by atoms with van der Waals surface area (Å²) in [6.45, 7) is 5.67. The van der Waals surface area contributed by atoms with Crippen molar-refractivity contribution in [2.75, 3.05) is 52.3 Å². The summed E-state index contributed by atoms with van der Waals surface area (Å²) in [5.74, 6) is 0.774. The minimum absolute atomic E-state index is 0.0542. The van der Waals surface area contributed by atoms with Crippen molar-refractivity contribution in [2.45, 2.75) is 38.7 Å². The molecule has 162 valence electrons. The molecular weight excluding hydrogens is 392 g/mol. The molecule has 0 bridgehead atoms. The maximum absolute atomic E-state index is 12.2. The molecule has 0 aromatic heterocycles. The van der Waals surface area contributed by atoms with Gasteiger partial charge in [0.15, 0.2) is 5.96 Å². The van der Waals surface area contributed by atoms with Crippen LogP contribution in [0.4, 0.5) is 5.69 Å². The lowest BCUT2D eigenvalue weighted by molar-refractivity contribution is -0.116. The second kappa shape index (κ2) is 12.7. The second-order valence-corrected chi connectivity index (χ2v) is 7.50. The van der Waals surface area contributed by atoms with Crippen LogP contribution in [0, 0.1) is 6.92 Å². The molecule has 7 nitrogen and oxygen atoms in total. The van der Waals surface area contributed by atoms with E-state index in [-0.39, 0.29) is 5.91 Å². The Morgan fingerprint density at radius 3 is 2.76 bits per heavy atom. The predicted molar refractivity (Wildman–Crippen MR) is 118 cm³/mol. The lowest BCUT2D eigenvalue weighted by Gasteiger charge is -2.34. The first-order chi connectivity index (χ1) is 14.0. The fraction of sp³-hybridized carbons (Fsp3) is 0.619. The van der Waals surface area contributed by atoms with Gasteiger partial charge in [-0.2, -0.15) is 0 Å². The van der Waals surface area contributed by atoms with Crippen molar-refractivity contribution in [3.63, 3.8) is 0 Å². The fourth-order valence-corrected chi connectivity index (χ4v) is 3.44. The highest BCUT2D eigenvalue weighted by Gasteiger charge is 2.21. The third kappa shape index (κ3) is 7.84. The van der Waals surface area contributed by atoms with Gasteiger partial charge in [-0.05, 0) is 43.9 Å². The summed E-state index contributed by atoms with van der Waals surface area (Å²) in [4.78, 5) is 18.8. The molecule has 0 radical (unpaired) electrons. The molecule has 0 atom stereocenters. The molecule has 0 saturated carbocycles. The SMILES string of the molecule is CN=C(NCCC(=O)Nc1cccc(Cl)c1C)N1CCC(OCCCOC)CC1. The van der Waals surface area contributed by atoms with Crippen LogP contribution in [0.1, 0.15) is 31.2 Å². The standard InChI is InChI=1S/C21H33ClN4O3/c1-16-18(22)6-4-7-19(16)25-20(27)8-11-24-21(23-2)26-12-9-17(10-13-26)29-15-5-14-28-3/h4,6-7,17H,5,8-15H2,1-3H3,(H,23,24)(H,25,27). The number of likely N-dealkylation sites (tertiary alicyclic amines) is 1. The number of hydrogen-bond acceptors (Lipinski definition) is 4. The number of anilines is 1. The second-order valence-electron chi connectivity index (χ2n) is 7.09. The summed E-state index contributed by atoms with van der Waals surface area (Å²) in [5.41, 5.74) is 1.62. The summed E-state index contributed by atoms with van der Waals surface area (Å²) in [7, 11) is 3.48. The highest BCUT2D eigenvalue weighted by atomic mass is 35.5. The number of methoxy groups -OCH3 is 1. The molecule has 0 unspecified atom stereocenters. The first kappa shape index (κ1) is 23.4. The topological polar surface area (TPSA) is 75.2 Å². The smallest absolute Gasteiger partial charge is 0.226 e. The Morgan fingerprint density at radius 2 is 2.07 bits per heavy atom. The van der Waals surface area contributed by atoms with Crippen molar-refractivity contribution in [2.24, 2.45) is 4.99 Å². The van der Waals surface area contributed by atoms with Crippen LogP contribution in [0.3, 0.4) is 0 Å². The number of amides is 1. The van der Waals surface area contributed by atoms with E-state index in [2.05, 4.69) is 20.5 Å². The maximum Gasteiger partial charge on any atom is 0.226 e. The van der Waals surface area contributed by atoms with Crippen molar-refractivity contribution in [3.8, 4) is 0 Å². The minimum Gasteiger partial charge on any atom is -0.385 e. The van der Waals surface area contributed by atoms with Crippen molar-refractivity contribution >= 4 is 29.2 Å². The average molecular weight is 425 g/mol. The Labute approximate surface area is 178 Å². The van der Waals surface area contributed by atoms with Gasteiger partial charge in [0.05, 0.1) is 6.10 Å². The van der Waals surface area contributed by atoms with E-state index in [9.17, 15) is 4.79 Å². The Morgan fingerprint density at radius 1 is 1.31 bits per heavy atom. The molecule has 2 N–H and O–H groups in total. The van der Waals surface area contributed by atoms with Gasteiger partial charge >= 0.3 is 0 Å². The number of aliphatic imine (C=N–C) groups is 1. The Bertz CT molecular complexity index is 676. The third-order valence-corrected chi connectivity index (χ3v) is 5.39. The van der Waals surface area contributed by atoms with Gasteiger partial charge in [-0.25, -0.2) is 0 Å². The molecule has 1 heterocycles. The first-order valence-electron chi connectivity index (χ1n) is 10.2. The van der Waals surface area contributed by atoms with Gasteiger partial charge < -0.3 is 25.0 Å². The van der Waals surface area contributed by atoms with E-state index >= 15 is 0 Å². The van der Waals surface area contributed by atoms with E-state index in [1.54, 1.807) is 14.2 Å². The maximum atomic E-state index is 12.2. The van der Waals surface area contributed by atoms with Crippen LogP contribution in [-0.2, 0) is 14.3 Å². The van der Waals surface area contributed by atoms with Gasteiger partial charge in [-0.1, -0.05) is 17.7 Å². The van der Waals surface area contributed by atoms with Crippen LogP contribution in [0.5, 0.6) is 0 Å². The highest BCUT2D eigenvalue weighted by Crippen LogP contribution is 2.22. The first-order valence-corrected chi connectivity index (χ1v) is 10.5. The van der Waals surface area contributed by atoms with E-state index in [1.165, 1.54) is 0 Å². The monoisotopic (exact) mass is 424 g/mol. The molecule has 1 fully saturated rings. The van der Waals surface area contributed by atoms with Gasteiger partial charge in [0.2, 0.25) is 5.91 Å². The molecule has 1 aromatic rings. The number of carbonyl (C=O) groups excluding carboxylic acids is 1. The molecule has 0 aliphatic carbocycles. The normalized spacial score (nSPS) is 15.4. The van der Waals surface area contributed by atoms with E-state index in [0.717, 1.165) is 62.8 Å². The fourth-order valence-electron chi connectivity index (χ4n) is 3.26. The zero-order chi connectivity index (χ0) is 21.1. The minimum atomic E-state index is -0.0542. The third-order valence-electron chi connectivity index (χ3n) is 4.98. The zero-order valence-corrected chi connectivity index (χ0v) is 18.4. The van der Waals surface area contributed by atoms with E-state index in [1.807, 2.05) is 25.1 Å². The predicted octanol–water partition coefficient (Wildman–Crippen LogP) is 3.07. The molecule has 1 aromatic carbocycles. The van der Waals surface area contributed by atoms with E-state index in [0.29, 0.717) is 24.1 Å². The van der Waals surface area contributed by atoms with Crippen LogP contribution in [0.25, 0.3) is 0 Å². The number of benzene rings is 1. The van der Waals surface area contributed by atoms with Crippen LogP contribution in [0.2, 0.25) is 5.02 Å². The lowest BCUT2D eigenvalue weighted by atomic mass is 10.1. The molecular formula is C21H33ClN4O3. The van der Waals surface area contributed by atoms with Crippen LogP contribution >= 0.6 is 11.6 Å². The molecule has 29 heavy (non-hydrogen) atoms. The summed E-state index contributed by atoms with van der Waals surface area (Å²) in [6, 6.07) is 5.49. The Hall–Kier alpha value is -1.83. The summed E-state index contributed by atoms with van der Waals surface area (Å²) >= 11 is 6.10. The van der Waals surface area contributed by atoms with Crippen molar-refractivity contribution in [1.82, 2.24) is 10.2 Å². The summed E-state index contributed by atoms with van der Waals surface area (Å²) < 4.78 is 11.0. The van der Waals surface area contributed by atoms with E-state index < -0.39 is 0 Å². The van der Waals surface area contributed by atoms with Gasteiger partial charge in [0.1, 0.15) is 0 Å². The van der Waals surface area contributed by atoms with Gasteiger partial charge in [0.25, 0.3) is 0 Å². The number of rotatable bonds is 9. The molecule has 2 rings (SSSR count). The summed E-state index contributed by atoms with van der Waals surface area (Å²) in [6.07, 6.45) is 3.53. The number of hydrogen-bond donors (Lipinski definition) is 2. The molecule has 1 saturated heterocycles. The molecule has 0 spiro atoms. The van der Waals surface area contributed by atoms with Crippen LogP contribution < -0.4 is 10.6 Å². The molecule has 1 amide bonds. The van der Waals surface area contributed by atoms with Crippen LogP contribution in [-0.4, -0.2) is 69.9 Å². The number of nitrogens with zero attached hydrogens (tertiary/aromatic N) is 2. The van der Waals surface area contributed by atoms with Crippen molar-refractivity contribution in [1.29, 1.82) is 0 Å². The molecule has 1 aliphatic heterocycles. The number of guanidine groups is 1. The van der Waals surface area contributed by atoms with Crippen molar-refractivity contribution in [3.05, 3.63) is 28.8 Å². The molecule has 1 aliphatic rings. The van der Waals surface area contributed by atoms with Crippen molar-refractivity contribution < 1.29 is 14.3 Å². The number of ether oxygens (including phenoxy) is 2. The lowest BCUT2D eigenvalue weighted by Crippen LogP contribution is -2.47. The molecule has 8 heteroatoms. The number of halogens is 1. The quantitative estimate of drug-likeness (QED) is 0.362. The zero-order valence-electron chi connectivity index (χ0n) is 17.7. The number of nitrogens with one attached hydrogen (secondary N) is 2. The Balaban J connectivity index is 1.69. The van der Waals surface area contributed by atoms with Gasteiger partial charge in [-0.3, -0.25) is 9.79 Å². The average Bonchev–Trinajstić information content (AvgIpc) is 2.73. The number of carbonyl (C=O) groups is 1. The highest BCUT2D eigenvalue weighted by molar-refractivity contribution is 6.31. The van der Waals surface area contributed by atoms with E-state index in [4.69, 9.17) is 21.1 Å². The van der Waals surface area contributed by atoms with Gasteiger partial charge in [0, 0.05) is 64.1 Å². The largest absolute Gasteiger partial charge is 0.385 e. The summed E-state index contributed by atoms with van der Waals surface area (Å²) in [5, 5.41) is 6.85. The van der Waals surface area contributed by atoms with Crippen LogP contribution in [0.15, 0.2) is 23.2 Å². The number of piperidine rings is 1. The Kier molecular flexibility index (Phi) is 10.2. The van der Waals surface area contributed by atoms with Gasteiger partial charge in [-0.15, -0.1) is 0 Å².